The van der Waals surface area contributed by atoms with Crippen molar-refractivity contribution in [3.05, 3.63) is 53.8 Å². The predicted molar refractivity (Wildman–Crippen MR) is 122 cm³/mol. The third-order valence-electron chi connectivity index (χ3n) is 5.14. The Bertz CT molecular complexity index is 1060. The van der Waals surface area contributed by atoms with E-state index in [1.54, 1.807) is 18.2 Å². The zero-order valence-corrected chi connectivity index (χ0v) is 19.1. The van der Waals surface area contributed by atoms with E-state index in [0.29, 0.717) is 29.0 Å². The molecule has 3 N–H and O–H groups in total. The number of halogens is 1. The van der Waals surface area contributed by atoms with Crippen LogP contribution in [0.5, 0.6) is 5.75 Å². The summed E-state index contributed by atoms with van der Waals surface area (Å²) < 4.78 is 25.7. The van der Waals surface area contributed by atoms with Crippen LogP contribution in [0.2, 0.25) is 0 Å². The van der Waals surface area contributed by atoms with Gasteiger partial charge in [0.1, 0.15) is 30.0 Å². The van der Waals surface area contributed by atoms with Gasteiger partial charge < -0.3 is 25.4 Å². The highest BCUT2D eigenvalue weighted by atomic mass is 19.1. The van der Waals surface area contributed by atoms with E-state index in [-0.39, 0.29) is 18.3 Å². The number of nitrogens with two attached hydrogens (primary N) is 1. The number of hydrogen-bond acceptors (Lipinski definition) is 6. The highest BCUT2D eigenvalue weighted by Crippen LogP contribution is 2.32. The molecular weight excluding hydrogens is 429 g/mol. The molecule has 0 spiro atoms. The smallest absolute Gasteiger partial charge is 0.405 e. The van der Waals surface area contributed by atoms with Gasteiger partial charge in [-0.2, -0.15) is 0 Å². The number of primary amides is 1. The summed E-state index contributed by atoms with van der Waals surface area (Å²) >= 11 is 0. The van der Waals surface area contributed by atoms with Crippen LogP contribution in [-0.2, 0) is 9.57 Å². The van der Waals surface area contributed by atoms with Crippen molar-refractivity contribution in [1.82, 2.24) is 5.32 Å². The Morgan fingerprint density at radius 1 is 1.27 bits per heavy atom. The molecule has 33 heavy (non-hydrogen) atoms. The topological polar surface area (TPSA) is 112 Å². The van der Waals surface area contributed by atoms with Gasteiger partial charge in [0.05, 0.1) is 5.56 Å². The predicted octanol–water partition coefficient (Wildman–Crippen LogP) is 3.89. The quantitative estimate of drug-likeness (QED) is 0.655. The number of nitrogens with one attached hydrogen (secondary N) is 1. The fourth-order valence-corrected chi connectivity index (χ4v) is 3.57. The second-order valence-corrected chi connectivity index (χ2v) is 8.78. The lowest BCUT2D eigenvalue weighted by Gasteiger charge is -2.28. The van der Waals surface area contributed by atoms with Crippen molar-refractivity contribution in [1.29, 1.82) is 0 Å². The Kier molecular flexibility index (Phi) is 7.20. The van der Waals surface area contributed by atoms with Crippen LogP contribution in [-0.4, -0.2) is 43.6 Å². The molecule has 176 valence electrons. The highest BCUT2D eigenvalue weighted by molar-refractivity contribution is 5.95. The second kappa shape index (κ2) is 9.89. The van der Waals surface area contributed by atoms with Crippen LogP contribution >= 0.6 is 0 Å². The molecule has 0 saturated carbocycles. The van der Waals surface area contributed by atoms with E-state index in [1.807, 2.05) is 32.9 Å². The largest absolute Gasteiger partial charge is 0.489 e. The molecule has 1 aliphatic heterocycles. The first-order valence-electron chi connectivity index (χ1n) is 10.5. The number of oxime groups is 1. The zero-order valence-electron chi connectivity index (χ0n) is 19.1. The van der Waals surface area contributed by atoms with Crippen LogP contribution in [0.1, 0.15) is 37.6 Å². The number of rotatable bonds is 7. The van der Waals surface area contributed by atoms with Crippen LogP contribution in [0.4, 0.5) is 9.18 Å². The van der Waals surface area contributed by atoms with Gasteiger partial charge in [-0.05, 0) is 23.8 Å². The Morgan fingerprint density at radius 2 is 2.00 bits per heavy atom. The molecule has 0 radical (unpaired) electrons. The number of nitrogens with zero attached hydrogens (tertiary/aromatic N) is 1. The van der Waals surface area contributed by atoms with Gasteiger partial charge in [0.25, 0.3) is 5.91 Å². The summed E-state index contributed by atoms with van der Waals surface area (Å²) in [6.07, 6.45) is -1.47. The summed E-state index contributed by atoms with van der Waals surface area (Å²) in [7, 11) is 1.45. The fourth-order valence-electron chi connectivity index (χ4n) is 3.57. The summed E-state index contributed by atoms with van der Waals surface area (Å²) in [5.74, 6) is -0.587. The number of ether oxygens (including phenoxy) is 2. The minimum absolute atomic E-state index is 0.0322. The van der Waals surface area contributed by atoms with Crippen LogP contribution in [0.25, 0.3) is 11.1 Å². The van der Waals surface area contributed by atoms with E-state index in [0.717, 1.165) is 0 Å². The first-order chi connectivity index (χ1) is 15.6. The molecule has 1 aliphatic rings. The van der Waals surface area contributed by atoms with Crippen LogP contribution in [0.3, 0.4) is 0 Å². The maximum absolute atomic E-state index is 14.5. The van der Waals surface area contributed by atoms with E-state index in [9.17, 15) is 14.0 Å². The van der Waals surface area contributed by atoms with Gasteiger partial charge in [0.15, 0.2) is 6.10 Å². The van der Waals surface area contributed by atoms with Gasteiger partial charge in [-0.15, -0.1) is 0 Å². The molecule has 0 bridgehead atoms. The molecule has 1 heterocycles. The summed E-state index contributed by atoms with van der Waals surface area (Å²) in [6.45, 7) is 5.92. The molecule has 0 fully saturated rings. The van der Waals surface area contributed by atoms with Gasteiger partial charge in [-0.25, -0.2) is 9.18 Å². The molecule has 2 aromatic carbocycles. The van der Waals surface area contributed by atoms with Crippen molar-refractivity contribution >= 4 is 17.7 Å². The average Bonchev–Trinajstić information content (AvgIpc) is 3.23. The Morgan fingerprint density at radius 3 is 2.64 bits per heavy atom. The maximum Gasteiger partial charge on any atom is 0.405 e. The Labute approximate surface area is 191 Å². The highest BCUT2D eigenvalue weighted by Gasteiger charge is 2.37. The van der Waals surface area contributed by atoms with E-state index >= 15 is 0 Å². The molecule has 3 rings (SSSR count). The molecule has 2 amide bonds. The number of benzene rings is 2. The summed E-state index contributed by atoms with van der Waals surface area (Å²) in [4.78, 5) is 28.6. The zero-order chi connectivity index (χ0) is 24.2. The van der Waals surface area contributed by atoms with E-state index in [1.165, 1.54) is 19.2 Å². The number of carbonyl (C=O) groups is 2. The molecule has 8 nitrogen and oxygen atoms in total. The first kappa shape index (κ1) is 24.0. The summed E-state index contributed by atoms with van der Waals surface area (Å²) in [5.41, 5.74) is 6.59. The van der Waals surface area contributed by atoms with Gasteiger partial charge in [-0.1, -0.05) is 50.2 Å². The minimum atomic E-state index is -0.874. The summed E-state index contributed by atoms with van der Waals surface area (Å²) in [6, 6.07) is 11.6. The monoisotopic (exact) mass is 457 g/mol. The first-order valence-corrected chi connectivity index (χ1v) is 10.5. The molecule has 0 saturated heterocycles. The molecule has 1 unspecified atom stereocenters. The van der Waals surface area contributed by atoms with Crippen molar-refractivity contribution < 1.29 is 28.3 Å². The van der Waals surface area contributed by atoms with E-state index in [2.05, 4.69) is 10.5 Å². The Balaban J connectivity index is 1.70. The van der Waals surface area contributed by atoms with Crippen molar-refractivity contribution in [2.45, 2.75) is 39.4 Å². The summed E-state index contributed by atoms with van der Waals surface area (Å²) in [5, 5.41) is 6.50. The van der Waals surface area contributed by atoms with Crippen molar-refractivity contribution in [2.75, 3.05) is 13.7 Å². The minimum Gasteiger partial charge on any atom is -0.489 e. The third-order valence-corrected chi connectivity index (χ3v) is 5.14. The lowest BCUT2D eigenvalue weighted by molar-refractivity contribution is 0.0470. The number of carbonyl (C=O) groups excluding carboxylic acids is 2. The van der Waals surface area contributed by atoms with Crippen LogP contribution in [0.15, 0.2) is 47.6 Å². The number of hydrogen-bond donors (Lipinski definition) is 2. The molecule has 2 aromatic rings. The van der Waals surface area contributed by atoms with Crippen LogP contribution < -0.4 is 15.8 Å². The maximum atomic E-state index is 14.5. The van der Waals surface area contributed by atoms with Gasteiger partial charge in [-0.3, -0.25) is 4.79 Å². The van der Waals surface area contributed by atoms with Gasteiger partial charge in [0, 0.05) is 24.4 Å². The van der Waals surface area contributed by atoms with Crippen molar-refractivity contribution in [3.8, 4) is 16.9 Å². The van der Waals surface area contributed by atoms with Crippen molar-refractivity contribution in [3.63, 3.8) is 0 Å². The fraction of sp³-hybridized carbons (Fsp3) is 0.375. The number of para-hydroxylation sites is 1. The van der Waals surface area contributed by atoms with Gasteiger partial charge >= 0.3 is 6.09 Å². The van der Waals surface area contributed by atoms with E-state index in [4.69, 9.17) is 20.0 Å². The molecule has 2 atom stereocenters. The van der Waals surface area contributed by atoms with E-state index < -0.39 is 29.3 Å². The number of amides is 2. The Hall–Kier alpha value is -3.62. The van der Waals surface area contributed by atoms with Crippen molar-refractivity contribution in [2.24, 2.45) is 16.3 Å². The van der Waals surface area contributed by atoms with Crippen LogP contribution in [0, 0.1) is 11.2 Å². The molecule has 0 aliphatic carbocycles. The standard InChI is InChI=1S/C24H28FN3O5/c1-24(2,3)21(32-23(26)30)19-12-15(33-28-19)13-31-20-8-6-5-7-16(20)14-9-10-17(18(25)11-14)22(29)27-4/h5-11,15,21H,12-13H2,1-4H3,(H2,26,30)(H,27,29)/t15-,21?/m1/s1. The normalized spacial score (nSPS) is 16.4. The SMILES string of the molecule is CNC(=O)c1ccc(-c2ccccc2OC[C@H]2CC(C(OC(N)=O)C(C)(C)C)=NO2)cc1F. The second-order valence-electron chi connectivity index (χ2n) is 8.78. The average molecular weight is 458 g/mol. The van der Waals surface area contributed by atoms with Gasteiger partial charge in [0.2, 0.25) is 0 Å². The molecular formula is C24H28FN3O5. The third kappa shape index (κ3) is 5.79. The molecule has 9 heteroatoms. The lowest BCUT2D eigenvalue weighted by Crippen LogP contribution is -2.40. The molecule has 0 aromatic heterocycles. The lowest BCUT2D eigenvalue weighted by atomic mass is 9.84.